The van der Waals surface area contributed by atoms with E-state index in [9.17, 15) is 8.78 Å². The molecule has 1 rings (SSSR count). The van der Waals surface area contributed by atoms with Gasteiger partial charge in [-0.1, -0.05) is 0 Å². The highest BCUT2D eigenvalue weighted by molar-refractivity contribution is 5.45. The van der Waals surface area contributed by atoms with E-state index in [4.69, 9.17) is 5.73 Å². The highest BCUT2D eigenvalue weighted by Gasteiger charge is 2.06. The summed E-state index contributed by atoms with van der Waals surface area (Å²) in [7, 11) is 0. The highest BCUT2D eigenvalue weighted by atomic mass is 19.3. The van der Waals surface area contributed by atoms with Gasteiger partial charge in [0.1, 0.15) is 0 Å². The van der Waals surface area contributed by atoms with Gasteiger partial charge in [0.05, 0.1) is 11.9 Å². The summed E-state index contributed by atoms with van der Waals surface area (Å²) in [5.41, 5.74) is 5.53. The fourth-order valence-corrected chi connectivity index (χ4v) is 0.583. The van der Waals surface area contributed by atoms with E-state index in [0.29, 0.717) is 0 Å². The molecule has 2 N–H and O–H groups in total. The Bertz CT molecular complexity index is 256. The largest absolute Gasteiger partial charge is 0.469 e. The topological polar surface area (TPSA) is 61.0 Å². The first kappa shape index (κ1) is 8.63. The number of nitrogen functional groups attached to an aromatic ring is 1. The van der Waals surface area contributed by atoms with E-state index in [0.717, 1.165) is 0 Å². The van der Waals surface area contributed by atoms with Crippen LogP contribution in [0.5, 0.6) is 5.88 Å². The zero-order valence-electron chi connectivity index (χ0n) is 6.08. The van der Waals surface area contributed by atoms with Crippen molar-refractivity contribution in [2.24, 2.45) is 0 Å². The van der Waals surface area contributed by atoms with Crippen LogP contribution in [0.1, 0.15) is 0 Å². The molecule has 0 radical (unpaired) electrons. The van der Waals surface area contributed by atoms with E-state index in [-0.39, 0.29) is 11.6 Å². The van der Waals surface area contributed by atoms with Gasteiger partial charge < -0.3 is 10.5 Å². The number of nitrogens with zero attached hydrogens (tertiary/aromatic N) is 2. The Kier molecular flexibility index (Phi) is 2.73. The van der Waals surface area contributed by atoms with E-state index < -0.39 is 13.0 Å². The maximum atomic E-state index is 11.6. The third-order valence-corrected chi connectivity index (χ3v) is 1.06. The Morgan fingerprint density at radius 2 is 2.33 bits per heavy atom. The lowest BCUT2D eigenvalue weighted by atomic mass is 10.5. The van der Waals surface area contributed by atoms with Crippen molar-refractivity contribution >= 4 is 5.69 Å². The third-order valence-electron chi connectivity index (χ3n) is 1.06. The molecule has 0 bridgehead atoms. The number of anilines is 1. The molecular weight excluding hydrogens is 168 g/mol. The highest BCUT2D eigenvalue weighted by Crippen LogP contribution is 2.14. The molecule has 0 aliphatic carbocycles. The van der Waals surface area contributed by atoms with Gasteiger partial charge in [0, 0.05) is 0 Å². The van der Waals surface area contributed by atoms with Crippen molar-refractivity contribution in [1.29, 1.82) is 0 Å². The molecule has 66 valence electrons. The number of alkyl halides is 2. The number of ether oxygens (including phenoxy) is 1. The minimum absolute atomic E-state index is 0.0576. The lowest BCUT2D eigenvalue weighted by Gasteiger charge is -2.04. The van der Waals surface area contributed by atoms with Crippen molar-refractivity contribution in [3.05, 3.63) is 12.3 Å². The predicted octanol–water partition coefficient (Wildman–Crippen LogP) is 0.703. The molecule has 0 fully saturated rings. The molecule has 0 aliphatic heterocycles. The smallest absolute Gasteiger partial charge is 0.272 e. The van der Waals surface area contributed by atoms with Gasteiger partial charge in [0.15, 0.2) is 6.61 Å². The van der Waals surface area contributed by atoms with E-state index >= 15 is 0 Å². The Balaban J connectivity index is 2.57. The van der Waals surface area contributed by atoms with Crippen molar-refractivity contribution in [2.75, 3.05) is 12.3 Å². The second-order valence-electron chi connectivity index (χ2n) is 1.99. The van der Waals surface area contributed by atoms with Crippen LogP contribution >= 0.6 is 0 Å². The molecule has 0 aromatic carbocycles. The summed E-state index contributed by atoms with van der Waals surface area (Å²) in [6.07, 6.45) is -1.18. The standard InChI is InChI=1S/C6H7F2N3O/c7-5(8)3-12-6-4(9)1-2-10-11-6/h1-2,5H,3H2,(H2,9,10). The van der Waals surface area contributed by atoms with Crippen LogP contribution in [0.15, 0.2) is 12.3 Å². The van der Waals surface area contributed by atoms with Gasteiger partial charge in [-0.05, 0) is 6.07 Å². The summed E-state index contributed by atoms with van der Waals surface area (Å²) in [6.45, 7) is -0.719. The summed E-state index contributed by atoms with van der Waals surface area (Å²) in [5, 5.41) is 6.84. The minimum atomic E-state index is -2.54. The molecule has 12 heavy (non-hydrogen) atoms. The van der Waals surface area contributed by atoms with Gasteiger partial charge in [-0.15, -0.1) is 5.10 Å². The Labute approximate surface area is 67.4 Å². The van der Waals surface area contributed by atoms with Crippen LogP contribution in [0.2, 0.25) is 0 Å². The van der Waals surface area contributed by atoms with E-state index in [1.165, 1.54) is 12.3 Å². The molecule has 6 heteroatoms. The minimum Gasteiger partial charge on any atom is -0.469 e. The Hall–Kier alpha value is -1.46. The van der Waals surface area contributed by atoms with Crippen molar-refractivity contribution in [1.82, 2.24) is 10.2 Å². The van der Waals surface area contributed by atoms with Gasteiger partial charge in [0.25, 0.3) is 12.3 Å². The third kappa shape index (κ3) is 2.30. The fourth-order valence-electron chi connectivity index (χ4n) is 0.583. The Morgan fingerprint density at radius 1 is 1.58 bits per heavy atom. The van der Waals surface area contributed by atoms with Crippen LogP contribution in [-0.4, -0.2) is 23.2 Å². The SMILES string of the molecule is Nc1ccnnc1OCC(F)F. The number of aromatic nitrogens is 2. The summed E-state index contributed by atoms with van der Waals surface area (Å²) in [5.74, 6) is -0.0576. The average Bonchev–Trinajstić information content (AvgIpc) is 2.03. The second kappa shape index (κ2) is 3.80. The maximum Gasteiger partial charge on any atom is 0.272 e. The average molecular weight is 175 g/mol. The van der Waals surface area contributed by atoms with Crippen molar-refractivity contribution in [2.45, 2.75) is 6.43 Å². The summed E-state index contributed by atoms with van der Waals surface area (Å²) in [4.78, 5) is 0. The van der Waals surface area contributed by atoms with E-state index in [1.54, 1.807) is 0 Å². The van der Waals surface area contributed by atoms with Gasteiger partial charge in [0.2, 0.25) is 0 Å². The summed E-state index contributed by atoms with van der Waals surface area (Å²) >= 11 is 0. The number of halogens is 2. The van der Waals surface area contributed by atoms with Gasteiger partial charge in [-0.2, -0.15) is 5.10 Å². The first-order chi connectivity index (χ1) is 5.70. The second-order valence-corrected chi connectivity index (χ2v) is 1.99. The van der Waals surface area contributed by atoms with Crippen LogP contribution in [0, 0.1) is 0 Å². The van der Waals surface area contributed by atoms with Crippen LogP contribution in [-0.2, 0) is 0 Å². The zero-order chi connectivity index (χ0) is 8.97. The van der Waals surface area contributed by atoms with Gasteiger partial charge >= 0.3 is 0 Å². The number of rotatable bonds is 3. The van der Waals surface area contributed by atoms with Crippen molar-refractivity contribution in [3.8, 4) is 5.88 Å². The van der Waals surface area contributed by atoms with Crippen LogP contribution in [0.3, 0.4) is 0 Å². The molecule has 0 atom stereocenters. The van der Waals surface area contributed by atoms with Gasteiger partial charge in [-0.3, -0.25) is 0 Å². The van der Waals surface area contributed by atoms with E-state index in [1.807, 2.05) is 0 Å². The first-order valence-electron chi connectivity index (χ1n) is 3.18. The molecular formula is C6H7F2N3O. The maximum absolute atomic E-state index is 11.6. The molecule has 0 unspecified atom stereocenters. The van der Waals surface area contributed by atoms with Crippen LogP contribution in [0.25, 0.3) is 0 Å². The molecule has 1 aromatic rings. The molecule has 0 saturated carbocycles. The van der Waals surface area contributed by atoms with Gasteiger partial charge in [-0.25, -0.2) is 8.78 Å². The molecule has 0 spiro atoms. The number of hydrogen-bond donors (Lipinski definition) is 1. The monoisotopic (exact) mass is 175 g/mol. The number of hydrogen-bond acceptors (Lipinski definition) is 4. The van der Waals surface area contributed by atoms with Crippen LogP contribution in [0.4, 0.5) is 14.5 Å². The van der Waals surface area contributed by atoms with Crippen molar-refractivity contribution in [3.63, 3.8) is 0 Å². The lowest BCUT2D eigenvalue weighted by molar-refractivity contribution is 0.0795. The molecule has 0 amide bonds. The molecule has 1 aromatic heterocycles. The number of nitrogens with two attached hydrogens (primary N) is 1. The van der Waals surface area contributed by atoms with Crippen LogP contribution < -0.4 is 10.5 Å². The summed E-state index contributed by atoms with van der Waals surface area (Å²) in [6, 6.07) is 1.42. The molecule has 0 saturated heterocycles. The molecule has 4 nitrogen and oxygen atoms in total. The fraction of sp³-hybridized carbons (Fsp3) is 0.333. The predicted molar refractivity (Wildman–Crippen MR) is 37.9 cm³/mol. The zero-order valence-corrected chi connectivity index (χ0v) is 6.08. The molecule has 1 heterocycles. The van der Waals surface area contributed by atoms with E-state index in [2.05, 4.69) is 14.9 Å². The van der Waals surface area contributed by atoms with Crippen molar-refractivity contribution < 1.29 is 13.5 Å². The summed E-state index contributed by atoms with van der Waals surface area (Å²) < 4.78 is 27.8. The quantitative estimate of drug-likeness (QED) is 0.734. The normalized spacial score (nSPS) is 10.2. The Morgan fingerprint density at radius 3 is 2.92 bits per heavy atom. The first-order valence-corrected chi connectivity index (χ1v) is 3.18. The lowest BCUT2D eigenvalue weighted by Crippen LogP contribution is -2.09. The molecule has 0 aliphatic rings.